The topological polar surface area (TPSA) is 78.3 Å². The Labute approximate surface area is 271 Å². The summed E-state index contributed by atoms with van der Waals surface area (Å²) in [7, 11) is 0. The van der Waals surface area contributed by atoms with E-state index in [4.69, 9.17) is 9.97 Å². The molecule has 47 heavy (non-hydrogen) atoms. The molecule has 0 aliphatic rings. The Hall–Kier alpha value is -6.82. The van der Waals surface area contributed by atoms with Gasteiger partial charge < -0.3 is 4.57 Å². The van der Waals surface area contributed by atoms with Crippen molar-refractivity contribution in [3.05, 3.63) is 163 Å². The van der Waals surface area contributed by atoms with Gasteiger partial charge in [-0.3, -0.25) is 0 Å². The molecular formula is C42H25N5. The number of rotatable bonds is 5. The van der Waals surface area contributed by atoms with Crippen molar-refractivity contribution < 1.29 is 0 Å². The first-order chi connectivity index (χ1) is 23.2. The zero-order chi connectivity index (χ0) is 31.7. The lowest BCUT2D eigenvalue weighted by molar-refractivity contribution is 1.14. The van der Waals surface area contributed by atoms with E-state index in [1.807, 2.05) is 97.1 Å². The summed E-state index contributed by atoms with van der Waals surface area (Å²) >= 11 is 0. The van der Waals surface area contributed by atoms with E-state index in [1.165, 1.54) is 0 Å². The highest BCUT2D eigenvalue weighted by Crippen LogP contribution is 2.38. The van der Waals surface area contributed by atoms with Crippen LogP contribution in [0.1, 0.15) is 11.1 Å². The minimum Gasteiger partial charge on any atom is -0.308 e. The van der Waals surface area contributed by atoms with Crippen LogP contribution in [0.15, 0.2) is 152 Å². The molecule has 0 spiro atoms. The lowest BCUT2D eigenvalue weighted by Gasteiger charge is -2.16. The van der Waals surface area contributed by atoms with Gasteiger partial charge in [0.05, 0.1) is 51.4 Å². The fourth-order valence-corrected chi connectivity index (χ4v) is 6.20. The average molecular weight is 600 g/mol. The lowest BCUT2D eigenvalue weighted by atomic mass is 10.0. The highest BCUT2D eigenvalue weighted by Gasteiger charge is 2.20. The second-order valence-electron chi connectivity index (χ2n) is 11.3. The maximum Gasteiger partial charge on any atom is 0.162 e. The van der Waals surface area contributed by atoms with E-state index < -0.39 is 0 Å². The van der Waals surface area contributed by atoms with Crippen LogP contribution in [0.5, 0.6) is 0 Å². The Bertz CT molecular complexity index is 2460. The van der Waals surface area contributed by atoms with E-state index >= 15 is 0 Å². The summed E-state index contributed by atoms with van der Waals surface area (Å²) < 4.78 is 2.22. The fraction of sp³-hybridized carbons (Fsp3) is 0. The summed E-state index contributed by atoms with van der Waals surface area (Å²) in [5.41, 5.74) is 10.4. The van der Waals surface area contributed by atoms with Gasteiger partial charge in [-0.1, -0.05) is 103 Å². The van der Waals surface area contributed by atoms with Crippen molar-refractivity contribution in [2.45, 2.75) is 0 Å². The first-order valence-corrected chi connectivity index (χ1v) is 15.3. The number of benzene rings is 6. The van der Waals surface area contributed by atoms with Gasteiger partial charge in [-0.05, 0) is 59.7 Å². The van der Waals surface area contributed by atoms with Gasteiger partial charge in [-0.25, -0.2) is 9.97 Å². The van der Waals surface area contributed by atoms with Gasteiger partial charge in [0.1, 0.15) is 0 Å². The summed E-state index contributed by atoms with van der Waals surface area (Å²) in [4.78, 5) is 10.3. The maximum atomic E-state index is 10.1. The largest absolute Gasteiger partial charge is 0.308 e. The number of nitrogens with zero attached hydrogens (tertiary/aromatic N) is 5. The van der Waals surface area contributed by atoms with Crippen LogP contribution in [0, 0.1) is 22.7 Å². The minimum absolute atomic E-state index is 0.542. The summed E-state index contributed by atoms with van der Waals surface area (Å²) in [6.45, 7) is 0. The standard InChI is InChI=1S/C42H25N5/c43-26-28-15-18-30(19-16-28)33-20-22-35-34-13-7-8-14-39(34)47(41(35)24-33)40-23-29(27-44)17-21-36(40)42-45-37(31-9-3-1-4-10-31)25-38(46-42)32-11-5-2-6-12-32/h1-25H. The van der Waals surface area contributed by atoms with Crippen LogP contribution in [0.25, 0.3) is 72.5 Å². The zero-order valence-corrected chi connectivity index (χ0v) is 25.2. The average Bonchev–Trinajstić information content (AvgIpc) is 3.48. The van der Waals surface area contributed by atoms with Crippen molar-refractivity contribution in [2.75, 3.05) is 0 Å². The first-order valence-electron chi connectivity index (χ1n) is 15.3. The van der Waals surface area contributed by atoms with Crippen molar-refractivity contribution in [3.63, 3.8) is 0 Å². The fourth-order valence-electron chi connectivity index (χ4n) is 6.20. The van der Waals surface area contributed by atoms with Gasteiger partial charge in [-0.2, -0.15) is 10.5 Å². The van der Waals surface area contributed by atoms with Gasteiger partial charge in [0.2, 0.25) is 0 Å². The molecule has 218 valence electrons. The molecule has 0 atom stereocenters. The highest BCUT2D eigenvalue weighted by molar-refractivity contribution is 6.10. The third-order valence-corrected chi connectivity index (χ3v) is 8.49. The quantitative estimate of drug-likeness (QED) is 0.197. The van der Waals surface area contributed by atoms with Crippen LogP contribution >= 0.6 is 0 Å². The molecule has 0 bridgehead atoms. The highest BCUT2D eigenvalue weighted by atomic mass is 15.0. The van der Waals surface area contributed by atoms with Crippen LogP contribution in [0.3, 0.4) is 0 Å². The van der Waals surface area contributed by atoms with E-state index in [2.05, 4.69) is 71.3 Å². The van der Waals surface area contributed by atoms with Crippen LogP contribution < -0.4 is 0 Å². The molecule has 0 saturated heterocycles. The van der Waals surface area contributed by atoms with Crippen LogP contribution in [-0.2, 0) is 0 Å². The Kier molecular flexibility index (Phi) is 6.84. The normalized spacial score (nSPS) is 10.9. The molecule has 0 fully saturated rings. The number of aromatic nitrogens is 3. The SMILES string of the molecule is N#Cc1ccc(-c2ccc3c4ccccc4n(-c4cc(C#N)ccc4-c4nc(-c5ccccc5)cc(-c5ccccc5)n4)c3c2)cc1. The molecule has 0 amide bonds. The Morgan fingerprint density at radius 3 is 1.68 bits per heavy atom. The van der Waals surface area contributed by atoms with E-state index in [0.29, 0.717) is 17.0 Å². The van der Waals surface area contributed by atoms with Gasteiger partial charge in [0.25, 0.3) is 0 Å². The van der Waals surface area contributed by atoms with Crippen molar-refractivity contribution in [1.29, 1.82) is 10.5 Å². The van der Waals surface area contributed by atoms with Crippen molar-refractivity contribution in [1.82, 2.24) is 14.5 Å². The Morgan fingerprint density at radius 2 is 1.02 bits per heavy atom. The number of hydrogen-bond donors (Lipinski definition) is 0. The monoisotopic (exact) mass is 599 g/mol. The molecule has 0 N–H and O–H groups in total. The van der Waals surface area contributed by atoms with Crippen molar-refractivity contribution in [3.8, 4) is 62.9 Å². The Morgan fingerprint density at radius 1 is 0.447 bits per heavy atom. The lowest BCUT2D eigenvalue weighted by Crippen LogP contribution is -2.02. The molecule has 0 radical (unpaired) electrons. The zero-order valence-electron chi connectivity index (χ0n) is 25.2. The Balaban J connectivity index is 1.42. The molecule has 0 aliphatic heterocycles. The van der Waals surface area contributed by atoms with E-state index in [9.17, 15) is 10.5 Å². The maximum absolute atomic E-state index is 10.1. The number of nitriles is 2. The van der Waals surface area contributed by atoms with Gasteiger partial charge in [-0.15, -0.1) is 0 Å². The molecule has 0 unspecified atom stereocenters. The molecule has 5 heteroatoms. The summed E-state index contributed by atoms with van der Waals surface area (Å²) in [5.74, 6) is 0.568. The molecule has 6 aromatic carbocycles. The third-order valence-electron chi connectivity index (χ3n) is 8.49. The predicted octanol–water partition coefficient (Wildman–Crippen LogP) is 9.99. The number of para-hydroxylation sites is 1. The van der Waals surface area contributed by atoms with Gasteiger partial charge in [0, 0.05) is 27.5 Å². The molecule has 0 aliphatic carbocycles. The van der Waals surface area contributed by atoms with Crippen LogP contribution in [0.2, 0.25) is 0 Å². The molecule has 2 aromatic heterocycles. The van der Waals surface area contributed by atoms with Crippen molar-refractivity contribution >= 4 is 21.8 Å². The van der Waals surface area contributed by atoms with Gasteiger partial charge in [0.15, 0.2) is 5.82 Å². The summed E-state index contributed by atoms with van der Waals surface area (Å²) in [5, 5.41) is 21.6. The summed E-state index contributed by atoms with van der Waals surface area (Å²) in [6.07, 6.45) is 0. The molecule has 8 aromatic rings. The minimum atomic E-state index is 0.542. The molecule has 0 saturated carbocycles. The first kappa shape index (κ1) is 27.7. The van der Waals surface area contributed by atoms with E-state index in [1.54, 1.807) is 0 Å². The number of hydrogen-bond acceptors (Lipinski definition) is 4. The second kappa shape index (κ2) is 11.6. The predicted molar refractivity (Wildman–Crippen MR) is 188 cm³/mol. The summed E-state index contributed by atoms with van der Waals surface area (Å²) in [6, 6.07) is 54.9. The third kappa shape index (κ3) is 4.99. The molecular weight excluding hydrogens is 574 g/mol. The van der Waals surface area contributed by atoms with Crippen LogP contribution in [-0.4, -0.2) is 14.5 Å². The molecule has 5 nitrogen and oxygen atoms in total. The second-order valence-corrected chi connectivity index (χ2v) is 11.3. The van der Waals surface area contributed by atoms with E-state index in [0.717, 1.165) is 66.7 Å². The van der Waals surface area contributed by atoms with Crippen molar-refractivity contribution in [2.24, 2.45) is 0 Å². The molecule has 8 rings (SSSR count). The number of fused-ring (bicyclic) bond motifs is 3. The smallest absolute Gasteiger partial charge is 0.162 e. The molecule has 2 heterocycles. The van der Waals surface area contributed by atoms with E-state index in [-0.39, 0.29) is 0 Å². The van der Waals surface area contributed by atoms with Crippen LogP contribution in [0.4, 0.5) is 0 Å². The van der Waals surface area contributed by atoms with Gasteiger partial charge >= 0.3 is 0 Å².